The molecule has 0 unspecified atom stereocenters. The highest BCUT2D eigenvalue weighted by Crippen LogP contribution is 2.17. The molecular formula is C15H19NO3. The van der Waals surface area contributed by atoms with E-state index >= 15 is 0 Å². The molecule has 1 aromatic carbocycles. The van der Waals surface area contributed by atoms with Gasteiger partial charge < -0.3 is 9.64 Å². The number of hydrogen-bond donors (Lipinski definition) is 0. The molecule has 1 aliphatic heterocycles. The van der Waals surface area contributed by atoms with Crippen LogP contribution in [-0.4, -0.2) is 30.4 Å². The van der Waals surface area contributed by atoms with Gasteiger partial charge in [-0.05, 0) is 24.0 Å². The van der Waals surface area contributed by atoms with E-state index in [1.54, 1.807) is 0 Å². The van der Waals surface area contributed by atoms with Crippen LogP contribution in [0, 0.1) is 0 Å². The zero-order valence-electron chi connectivity index (χ0n) is 11.2. The third-order valence-electron chi connectivity index (χ3n) is 3.46. The summed E-state index contributed by atoms with van der Waals surface area (Å²) in [7, 11) is 1.39. The highest BCUT2D eigenvalue weighted by atomic mass is 16.5. The number of ether oxygens (including phenoxy) is 1. The van der Waals surface area contributed by atoms with E-state index in [9.17, 15) is 9.59 Å². The largest absolute Gasteiger partial charge is 0.469 e. The second kappa shape index (κ2) is 6.36. The van der Waals surface area contributed by atoms with Gasteiger partial charge in [0.15, 0.2) is 0 Å². The molecule has 19 heavy (non-hydrogen) atoms. The fourth-order valence-electron chi connectivity index (χ4n) is 2.35. The first-order valence-electron chi connectivity index (χ1n) is 6.62. The van der Waals surface area contributed by atoms with Gasteiger partial charge in [-0.2, -0.15) is 0 Å². The van der Waals surface area contributed by atoms with Crippen molar-refractivity contribution in [3.05, 3.63) is 35.4 Å². The van der Waals surface area contributed by atoms with Gasteiger partial charge in [-0.25, -0.2) is 0 Å². The standard InChI is InChI=1S/C15H19NO3/c1-19-15(18)10-12-6-2-3-7-13(12)11-16-9-5-4-8-14(16)17/h2-3,6-7H,4-5,8-11H2,1H3. The van der Waals surface area contributed by atoms with Crippen LogP contribution in [-0.2, 0) is 27.3 Å². The van der Waals surface area contributed by atoms with E-state index < -0.39 is 0 Å². The first-order chi connectivity index (χ1) is 9.20. The van der Waals surface area contributed by atoms with Crippen molar-refractivity contribution in [3.63, 3.8) is 0 Å². The first-order valence-corrected chi connectivity index (χ1v) is 6.62. The highest BCUT2D eigenvalue weighted by Gasteiger charge is 2.19. The van der Waals surface area contributed by atoms with Crippen molar-refractivity contribution in [1.82, 2.24) is 4.90 Å². The zero-order valence-corrected chi connectivity index (χ0v) is 11.2. The van der Waals surface area contributed by atoms with E-state index in [4.69, 9.17) is 4.74 Å². The smallest absolute Gasteiger partial charge is 0.309 e. The topological polar surface area (TPSA) is 46.6 Å². The summed E-state index contributed by atoms with van der Waals surface area (Å²) in [6.45, 7) is 1.40. The molecule has 0 spiro atoms. The summed E-state index contributed by atoms with van der Waals surface area (Å²) in [5, 5.41) is 0. The lowest BCUT2D eigenvalue weighted by atomic mass is 10.0. The molecule has 1 fully saturated rings. The van der Waals surface area contributed by atoms with Crippen molar-refractivity contribution < 1.29 is 14.3 Å². The van der Waals surface area contributed by atoms with Gasteiger partial charge in [0, 0.05) is 19.5 Å². The molecule has 1 amide bonds. The fraction of sp³-hybridized carbons (Fsp3) is 0.467. The van der Waals surface area contributed by atoms with Crippen LogP contribution < -0.4 is 0 Å². The predicted octanol–water partition coefficient (Wildman–Crippen LogP) is 1.91. The number of esters is 1. The zero-order chi connectivity index (χ0) is 13.7. The van der Waals surface area contributed by atoms with E-state index in [1.165, 1.54) is 7.11 Å². The van der Waals surface area contributed by atoms with Crippen LogP contribution in [0.4, 0.5) is 0 Å². The lowest BCUT2D eigenvalue weighted by Gasteiger charge is -2.27. The first kappa shape index (κ1) is 13.6. The Bertz CT molecular complexity index is 470. The molecular weight excluding hydrogens is 242 g/mol. The van der Waals surface area contributed by atoms with E-state index in [-0.39, 0.29) is 18.3 Å². The molecule has 0 N–H and O–H groups in total. The summed E-state index contributed by atoms with van der Waals surface area (Å²) >= 11 is 0. The Labute approximate surface area is 113 Å². The minimum absolute atomic E-state index is 0.208. The van der Waals surface area contributed by atoms with Crippen molar-refractivity contribution in [3.8, 4) is 0 Å². The maximum Gasteiger partial charge on any atom is 0.309 e. The second-order valence-corrected chi connectivity index (χ2v) is 4.79. The minimum atomic E-state index is -0.252. The average molecular weight is 261 g/mol. The molecule has 0 saturated carbocycles. The number of benzene rings is 1. The lowest BCUT2D eigenvalue weighted by molar-refractivity contribution is -0.139. The molecule has 102 valence electrons. The van der Waals surface area contributed by atoms with Crippen LogP contribution in [0.1, 0.15) is 30.4 Å². The molecule has 1 aromatic rings. The summed E-state index contributed by atoms with van der Waals surface area (Å²) in [4.78, 5) is 25.1. The van der Waals surface area contributed by atoms with Crippen LogP contribution in [0.15, 0.2) is 24.3 Å². The van der Waals surface area contributed by atoms with Crippen LogP contribution in [0.3, 0.4) is 0 Å². The van der Waals surface area contributed by atoms with Crippen molar-refractivity contribution in [2.24, 2.45) is 0 Å². The van der Waals surface area contributed by atoms with Crippen LogP contribution in [0.25, 0.3) is 0 Å². The molecule has 1 aliphatic rings. The second-order valence-electron chi connectivity index (χ2n) is 4.79. The van der Waals surface area contributed by atoms with E-state index in [0.717, 1.165) is 30.5 Å². The van der Waals surface area contributed by atoms with Gasteiger partial charge in [0.2, 0.25) is 5.91 Å². The van der Waals surface area contributed by atoms with E-state index in [0.29, 0.717) is 13.0 Å². The van der Waals surface area contributed by atoms with Crippen LogP contribution in [0.5, 0.6) is 0 Å². The number of piperidine rings is 1. The summed E-state index contributed by atoms with van der Waals surface area (Å²) in [6, 6.07) is 7.73. The Balaban J connectivity index is 2.10. The lowest BCUT2D eigenvalue weighted by Crippen LogP contribution is -2.35. The number of likely N-dealkylation sites (tertiary alicyclic amines) is 1. The number of hydrogen-bond acceptors (Lipinski definition) is 3. The van der Waals surface area contributed by atoms with Gasteiger partial charge in [0.05, 0.1) is 13.5 Å². The molecule has 4 heteroatoms. The summed E-state index contributed by atoms with van der Waals surface area (Å²) in [5.41, 5.74) is 1.97. The fourth-order valence-corrected chi connectivity index (χ4v) is 2.35. The van der Waals surface area contributed by atoms with E-state index in [2.05, 4.69) is 0 Å². The number of rotatable bonds is 4. The summed E-state index contributed by atoms with van der Waals surface area (Å²) < 4.78 is 4.70. The van der Waals surface area contributed by atoms with Gasteiger partial charge >= 0.3 is 5.97 Å². The summed E-state index contributed by atoms with van der Waals surface area (Å²) in [6.07, 6.45) is 2.94. The quantitative estimate of drug-likeness (QED) is 0.778. The van der Waals surface area contributed by atoms with Gasteiger partial charge in [-0.15, -0.1) is 0 Å². The molecule has 4 nitrogen and oxygen atoms in total. The number of amides is 1. The normalized spacial score (nSPS) is 15.4. The van der Waals surface area contributed by atoms with Crippen LogP contribution >= 0.6 is 0 Å². The molecule has 2 rings (SSSR count). The highest BCUT2D eigenvalue weighted by molar-refractivity contribution is 5.77. The van der Waals surface area contributed by atoms with Gasteiger partial charge in [0.25, 0.3) is 0 Å². The molecule has 0 aliphatic carbocycles. The Hall–Kier alpha value is -1.84. The maximum absolute atomic E-state index is 11.8. The van der Waals surface area contributed by atoms with Gasteiger partial charge in [0.1, 0.15) is 0 Å². The molecule has 0 atom stereocenters. The number of carbonyl (C=O) groups is 2. The maximum atomic E-state index is 11.8. The Morgan fingerprint density at radius 3 is 2.68 bits per heavy atom. The minimum Gasteiger partial charge on any atom is -0.469 e. The molecule has 1 heterocycles. The Morgan fingerprint density at radius 1 is 1.26 bits per heavy atom. The Kier molecular flexibility index (Phi) is 4.55. The number of carbonyl (C=O) groups excluding carboxylic acids is 2. The predicted molar refractivity (Wildman–Crippen MR) is 71.4 cm³/mol. The molecule has 0 bridgehead atoms. The van der Waals surface area contributed by atoms with Gasteiger partial charge in [-0.1, -0.05) is 24.3 Å². The number of nitrogens with zero attached hydrogens (tertiary/aromatic N) is 1. The van der Waals surface area contributed by atoms with Crippen molar-refractivity contribution in [1.29, 1.82) is 0 Å². The Morgan fingerprint density at radius 2 is 2.00 bits per heavy atom. The van der Waals surface area contributed by atoms with Crippen molar-refractivity contribution in [2.45, 2.75) is 32.2 Å². The monoisotopic (exact) mass is 261 g/mol. The van der Waals surface area contributed by atoms with Gasteiger partial charge in [-0.3, -0.25) is 9.59 Å². The average Bonchev–Trinajstić information content (AvgIpc) is 2.43. The SMILES string of the molecule is COC(=O)Cc1ccccc1CN1CCCCC1=O. The molecule has 1 saturated heterocycles. The third kappa shape index (κ3) is 3.56. The van der Waals surface area contributed by atoms with Crippen molar-refractivity contribution in [2.75, 3.05) is 13.7 Å². The van der Waals surface area contributed by atoms with Crippen molar-refractivity contribution >= 4 is 11.9 Å². The molecule has 0 radical (unpaired) electrons. The third-order valence-corrected chi connectivity index (χ3v) is 3.46. The number of methoxy groups -OCH3 is 1. The summed E-state index contributed by atoms with van der Waals surface area (Å²) in [5.74, 6) is -0.0449. The van der Waals surface area contributed by atoms with Crippen LogP contribution in [0.2, 0.25) is 0 Å². The van der Waals surface area contributed by atoms with E-state index in [1.807, 2.05) is 29.2 Å². The molecule has 0 aromatic heterocycles.